The standard InChI is InChI=1S/C20H23NO4S/c1-15-11-13-18(14-12-15)26(24,25)21-19(22)10-6-7-16(2)20(23)17-8-4-3-5-9-17/h3-9,11-14,16,20,23H,10H2,1-2H3,(H,21,22)/b7-6-/t16-,20-/m0/s1. The maximum absolute atomic E-state index is 12.1. The fourth-order valence-corrected chi connectivity index (χ4v) is 3.41. The second kappa shape index (κ2) is 8.78. The average Bonchev–Trinajstić information content (AvgIpc) is 2.61. The van der Waals surface area contributed by atoms with Crippen LogP contribution in [0.2, 0.25) is 0 Å². The van der Waals surface area contributed by atoms with Crippen LogP contribution >= 0.6 is 0 Å². The minimum atomic E-state index is -3.87. The number of carbonyl (C=O) groups excluding carboxylic acids is 1. The third kappa shape index (κ3) is 5.54. The van der Waals surface area contributed by atoms with Crippen LogP contribution in [0, 0.1) is 12.8 Å². The number of aryl methyl sites for hydroxylation is 1. The van der Waals surface area contributed by atoms with E-state index in [1.54, 1.807) is 24.3 Å². The van der Waals surface area contributed by atoms with Gasteiger partial charge in [0.05, 0.1) is 11.0 Å². The molecule has 2 aromatic carbocycles. The minimum Gasteiger partial charge on any atom is -0.388 e. The van der Waals surface area contributed by atoms with Crippen LogP contribution in [0.1, 0.15) is 30.6 Å². The van der Waals surface area contributed by atoms with E-state index in [0.717, 1.165) is 11.1 Å². The summed E-state index contributed by atoms with van der Waals surface area (Å²) in [7, 11) is -3.87. The molecule has 2 rings (SSSR count). The third-order valence-corrected chi connectivity index (χ3v) is 5.35. The molecule has 1 amide bonds. The van der Waals surface area contributed by atoms with Crippen LogP contribution in [0.3, 0.4) is 0 Å². The average molecular weight is 373 g/mol. The number of sulfonamides is 1. The van der Waals surface area contributed by atoms with Crippen molar-refractivity contribution in [2.45, 2.75) is 31.3 Å². The van der Waals surface area contributed by atoms with Crippen molar-refractivity contribution in [3.8, 4) is 0 Å². The van der Waals surface area contributed by atoms with E-state index in [-0.39, 0.29) is 17.2 Å². The Morgan fingerprint density at radius 3 is 2.35 bits per heavy atom. The molecule has 26 heavy (non-hydrogen) atoms. The number of aliphatic hydroxyl groups is 1. The van der Waals surface area contributed by atoms with Gasteiger partial charge in [0.1, 0.15) is 0 Å². The molecule has 0 unspecified atom stereocenters. The molecule has 0 aliphatic rings. The molecule has 2 aromatic rings. The van der Waals surface area contributed by atoms with E-state index < -0.39 is 22.0 Å². The summed E-state index contributed by atoms with van der Waals surface area (Å²) in [5.41, 5.74) is 1.72. The van der Waals surface area contributed by atoms with Crippen LogP contribution in [-0.4, -0.2) is 19.4 Å². The van der Waals surface area contributed by atoms with Crippen molar-refractivity contribution in [3.63, 3.8) is 0 Å². The van der Waals surface area contributed by atoms with Crippen LogP contribution in [0.5, 0.6) is 0 Å². The molecular weight excluding hydrogens is 350 g/mol. The highest BCUT2D eigenvalue weighted by molar-refractivity contribution is 7.90. The predicted molar refractivity (Wildman–Crippen MR) is 101 cm³/mol. The molecule has 5 nitrogen and oxygen atoms in total. The van der Waals surface area contributed by atoms with Crippen LogP contribution in [0.4, 0.5) is 0 Å². The molecule has 138 valence electrons. The van der Waals surface area contributed by atoms with Crippen molar-refractivity contribution in [1.82, 2.24) is 4.72 Å². The van der Waals surface area contributed by atoms with Gasteiger partial charge < -0.3 is 5.11 Å². The van der Waals surface area contributed by atoms with E-state index in [1.807, 2.05) is 48.9 Å². The largest absolute Gasteiger partial charge is 0.388 e. The lowest BCUT2D eigenvalue weighted by atomic mass is 9.97. The van der Waals surface area contributed by atoms with E-state index in [9.17, 15) is 18.3 Å². The third-order valence-electron chi connectivity index (χ3n) is 3.96. The molecule has 0 aliphatic carbocycles. The first-order valence-corrected chi connectivity index (χ1v) is 9.80. The topological polar surface area (TPSA) is 83.5 Å². The van der Waals surface area contributed by atoms with Gasteiger partial charge in [-0.15, -0.1) is 0 Å². The van der Waals surface area contributed by atoms with Gasteiger partial charge in [-0.3, -0.25) is 4.79 Å². The van der Waals surface area contributed by atoms with Gasteiger partial charge in [-0.05, 0) is 24.6 Å². The highest BCUT2D eigenvalue weighted by Crippen LogP contribution is 2.22. The Labute approximate surface area is 154 Å². The summed E-state index contributed by atoms with van der Waals surface area (Å²) >= 11 is 0. The zero-order valence-corrected chi connectivity index (χ0v) is 15.6. The van der Waals surface area contributed by atoms with Gasteiger partial charge in [-0.25, -0.2) is 13.1 Å². The zero-order valence-electron chi connectivity index (χ0n) is 14.8. The first kappa shape index (κ1) is 19.9. The Bertz CT molecular complexity index is 858. The second-order valence-electron chi connectivity index (χ2n) is 6.19. The first-order chi connectivity index (χ1) is 12.3. The molecule has 6 heteroatoms. The van der Waals surface area contributed by atoms with Crippen molar-refractivity contribution in [1.29, 1.82) is 0 Å². The quantitative estimate of drug-likeness (QED) is 0.731. The Balaban J connectivity index is 1.91. The molecule has 0 heterocycles. The van der Waals surface area contributed by atoms with Crippen molar-refractivity contribution in [2.24, 2.45) is 5.92 Å². The number of carbonyl (C=O) groups is 1. The number of hydrogen-bond donors (Lipinski definition) is 2. The van der Waals surface area contributed by atoms with E-state index in [0.29, 0.717) is 0 Å². The summed E-state index contributed by atoms with van der Waals surface area (Å²) in [6, 6.07) is 15.5. The second-order valence-corrected chi connectivity index (χ2v) is 7.87. The molecule has 0 fully saturated rings. The predicted octanol–water partition coefficient (Wildman–Crippen LogP) is 3.12. The first-order valence-electron chi connectivity index (χ1n) is 8.31. The maximum atomic E-state index is 12.1. The van der Waals surface area contributed by atoms with Crippen LogP contribution in [0.25, 0.3) is 0 Å². The lowest BCUT2D eigenvalue weighted by molar-refractivity contribution is -0.118. The van der Waals surface area contributed by atoms with Gasteiger partial charge in [-0.2, -0.15) is 0 Å². The number of amides is 1. The molecule has 0 radical (unpaired) electrons. The fourth-order valence-electron chi connectivity index (χ4n) is 2.42. The summed E-state index contributed by atoms with van der Waals surface area (Å²) in [6.07, 6.45) is 2.50. The van der Waals surface area contributed by atoms with Crippen molar-refractivity contribution in [2.75, 3.05) is 0 Å². The zero-order chi connectivity index (χ0) is 19.2. The number of aliphatic hydroxyl groups excluding tert-OH is 1. The van der Waals surface area contributed by atoms with Crippen LogP contribution in [-0.2, 0) is 14.8 Å². The van der Waals surface area contributed by atoms with Crippen molar-refractivity contribution < 1.29 is 18.3 Å². The van der Waals surface area contributed by atoms with Gasteiger partial charge in [0.2, 0.25) is 5.91 Å². The highest BCUT2D eigenvalue weighted by atomic mass is 32.2. The number of rotatable bonds is 7. The van der Waals surface area contributed by atoms with Crippen LogP contribution < -0.4 is 4.72 Å². The van der Waals surface area contributed by atoms with Gasteiger partial charge in [-0.1, -0.05) is 67.1 Å². The van der Waals surface area contributed by atoms with E-state index >= 15 is 0 Å². The molecule has 0 spiro atoms. The Hall–Kier alpha value is -2.44. The molecule has 0 saturated carbocycles. The molecule has 0 aliphatic heterocycles. The number of nitrogens with one attached hydrogen (secondary N) is 1. The van der Waals surface area contributed by atoms with Crippen LogP contribution in [0.15, 0.2) is 71.6 Å². The summed E-state index contributed by atoms with van der Waals surface area (Å²) in [5, 5.41) is 10.3. The minimum absolute atomic E-state index is 0.0493. The smallest absolute Gasteiger partial charge is 0.264 e. The molecule has 0 aromatic heterocycles. The van der Waals surface area contributed by atoms with Crippen molar-refractivity contribution >= 4 is 15.9 Å². The van der Waals surface area contributed by atoms with E-state index in [4.69, 9.17) is 0 Å². The van der Waals surface area contributed by atoms with Crippen molar-refractivity contribution in [3.05, 3.63) is 77.9 Å². The fraction of sp³-hybridized carbons (Fsp3) is 0.250. The lowest BCUT2D eigenvalue weighted by Gasteiger charge is -2.15. The number of hydrogen-bond acceptors (Lipinski definition) is 4. The molecule has 2 atom stereocenters. The molecular formula is C20H23NO4S. The summed E-state index contributed by atoms with van der Waals surface area (Å²) < 4.78 is 26.3. The van der Waals surface area contributed by atoms with E-state index in [1.165, 1.54) is 12.1 Å². The lowest BCUT2D eigenvalue weighted by Crippen LogP contribution is -2.30. The normalized spacial score (nSPS) is 14.1. The summed E-state index contributed by atoms with van der Waals surface area (Å²) in [4.78, 5) is 12.0. The highest BCUT2D eigenvalue weighted by Gasteiger charge is 2.17. The van der Waals surface area contributed by atoms with Gasteiger partial charge >= 0.3 is 0 Å². The maximum Gasteiger partial charge on any atom is 0.264 e. The Morgan fingerprint density at radius 1 is 1.12 bits per heavy atom. The number of benzene rings is 2. The van der Waals surface area contributed by atoms with Gasteiger partial charge in [0.15, 0.2) is 0 Å². The monoisotopic (exact) mass is 373 g/mol. The Morgan fingerprint density at radius 2 is 1.73 bits per heavy atom. The summed E-state index contributed by atoms with van der Waals surface area (Å²) in [5.74, 6) is -0.831. The Kier molecular flexibility index (Phi) is 6.71. The van der Waals surface area contributed by atoms with Gasteiger partial charge in [0.25, 0.3) is 10.0 Å². The SMILES string of the molecule is Cc1ccc(S(=O)(=O)NC(=O)C/C=C\[C@H](C)[C@H](O)c2ccccc2)cc1. The molecule has 0 saturated heterocycles. The van der Waals surface area contributed by atoms with E-state index in [2.05, 4.69) is 0 Å². The van der Waals surface area contributed by atoms with Gasteiger partial charge in [0, 0.05) is 12.3 Å². The molecule has 2 N–H and O–H groups in total. The summed E-state index contributed by atoms with van der Waals surface area (Å²) in [6.45, 7) is 3.68. The molecule has 0 bridgehead atoms.